The van der Waals surface area contributed by atoms with Gasteiger partial charge in [0.2, 0.25) is 0 Å². The molecular weight excluding hydrogens is 783 g/mol. The van der Waals surface area contributed by atoms with E-state index in [-0.39, 0.29) is 10.8 Å². The minimum absolute atomic E-state index is 0.0485. The van der Waals surface area contributed by atoms with Gasteiger partial charge in [0.1, 0.15) is 0 Å². The van der Waals surface area contributed by atoms with Crippen LogP contribution in [-0.4, -0.2) is 0 Å². The summed E-state index contributed by atoms with van der Waals surface area (Å²) in [6.07, 6.45) is 0. The SMILES string of the molecule is CC(C)(C)c1ccc(-c2ccccc2N(c2ccccc2-c2ccc3c(c2)C(C)(c2ccccc2)c2ccccc2-3)c2ccccc2-c2cccc3cccc(-c4ccccc4)c23)cc1. The summed E-state index contributed by atoms with van der Waals surface area (Å²) in [6.45, 7) is 9.24. The van der Waals surface area contributed by atoms with E-state index in [1.54, 1.807) is 0 Å². The highest BCUT2D eigenvalue weighted by Gasteiger charge is 2.41. The van der Waals surface area contributed by atoms with Gasteiger partial charge < -0.3 is 4.90 Å². The molecule has 10 aromatic rings. The molecule has 1 atom stereocenters. The maximum Gasteiger partial charge on any atom is 0.0540 e. The molecule has 0 amide bonds. The van der Waals surface area contributed by atoms with Gasteiger partial charge in [0.15, 0.2) is 0 Å². The first-order valence-electron chi connectivity index (χ1n) is 22.8. The van der Waals surface area contributed by atoms with Crippen molar-refractivity contribution in [1.82, 2.24) is 0 Å². The van der Waals surface area contributed by atoms with Crippen LogP contribution in [0, 0.1) is 0 Å². The van der Waals surface area contributed by atoms with Gasteiger partial charge in [0.05, 0.1) is 17.1 Å². The van der Waals surface area contributed by atoms with Crippen molar-refractivity contribution in [2.45, 2.75) is 38.5 Å². The Morgan fingerprint density at radius 3 is 1.45 bits per heavy atom. The van der Waals surface area contributed by atoms with Gasteiger partial charge in [-0.2, -0.15) is 0 Å². The first kappa shape index (κ1) is 40.1. The van der Waals surface area contributed by atoms with E-state index in [2.05, 4.69) is 269 Å². The first-order valence-corrected chi connectivity index (χ1v) is 22.8. The lowest BCUT2D eigenvalue weighted by atomic mass is 9.74. The fourth-order valence-electron chi connectivity index (χ4n) is 10.4. The number of hydrogen-bond donors (Lipinski definition) is 0. The van der Waals surface area contributed by atoms with Crippen molar-refractivity contribution in [3.05, 3.63) is 259 Å². The molecule has 0 radical (unpaired) electrons. The van der Waals surface area contributed by atoms with Crippen molar-refractivity contribution in [3.63, 3.8) is 0 Å². The summed E-state index contributed by atoms with van der Waals surface area (Å²) in [6, 6.07) is 87.5. The number of nitrogens with zero attached hydrogens (tertiary/aromatic N) is 1. The molecule has 11 rings (SSSR count). The number of hydrogen-bond acceptors (Lipinski definition) is 1. The van der Waals surface area contributed by atoms with Crippen molar-refractivity contribution in [1.29, 1.82) is 0 Å². The number of fused-ring (bicyclic) bond motifs is 4. The second-order valence-electron chi connectivity index (χ2n) is 18.6. The molecule has 0 N–H and O–H groups in total. The lowest BCUT2D eigenvalue weighted by Gasteiger charge is -2.32. The van der Waals surface area contributed by atoms with Gasteiger partial charge in [0.25, 0.3) is 0 Å². The minimum Gasteiger partial charge on any atom is -0.309 e. The molecule has 0 aromatic heterocycles. The Morgan fingerprint density at radius 2 is 0.800 bits per heavy atom. The van der Waals surface area contributed by atoms with E-state index in [9.17, 15) is 0 Å². The molecule has 0 saturated carbocycles. The maximum absolute atomic E-state index is 2.53. The summed E-state index contributed by atoms with van der Waals surface area (Å²) in [5.74, 6) is 0. The largest absolute Gasteiger partial charge is 0.309 e. The number of anilines is 3. The van der Waals surface area contributed by atoms with Crippen molar-refractivity contribution in [3.8, 4) is 55.6 Å². The average Bonchev–Trinajstić information content (AvgIpc) is 3.62. The Kier molecular flexibility index (Phi) is 9.93. The molecule has 0 spiro atoms. The summed E-state index contributed by atoms with van der Waals surface area (Å²) in [5.41, 5.74) is 20.4. The summed E-state index contributed by atoms with van der Waals surface area (Å²) in [7, 11) is 0. The van der Waals surface area contributed by atoms with Gasteiger partial charge in [-0.3, -0.25) is 0 Å². The average molecular weight is 834 g/mol. The summed E-state index contributed by atoms with van der Waals surface area (Å²) in [5, 5.41) is 2.46. The molecule has 0 fully saturated rings. The Balaban J connectivity index is 1.17. The molecule has 10 aromatic carbocycles. The standard InChI is InChI=1S/C64H51N/c1-63(2,3)48-40-37-45(38-41-48)50-27-12-16-34-59(50)65(61-36-18-14-30-55(61)56-32-20-24-46-23-19-31-52(62(46)56)44-21-7-5-8-22-44)60-35-17-13-28-51(60)47-39-42-54-53-29-11-15-33-57(53)64(4,58(54)43-47)49-25-9-6-10-26-49/h5-43H,1-4H3. The van der Waals surface area contributed by atoms with E-state index in [1.165, 1.54) is 77.5 Å². The number of rotatable bonds is 8. The van der Waals surface area contributed by atoms with Crippen LogP contribution < -0.4 is 4.90 Å². The van der Waals surface area contributed by atoms with Gasteiger partial charge in [-0.1, -0.05) is 233 Å². The monoisotopic (exact) mass is 833 g/mol. The lowest BCUT2D eigenvalue weighted by molar-refractivity contribution is 0.590. The third-order valence-corrected chi connectivity index (χ3v) is 13.8. The van der Waals surface area contributed by atoms with Crippen LogP contribution in [0.4, 0.5) is 17.1 Å². The molecule has 1 nitrogen and oxygen atoms in total. The van der Waals surface area contributed by atoms with Crippen LogP contribution in [0.3, 0.4) is 0 Å². The quantitative estimate of drug-likeness (QED) is 0.147. The molecular formula is C64H51N. The first-order chi connectivity index (χ1) is 31.8. The normalized spacial score (nSPS) is 14.2. The summed E-state index contributed by atoms with van der Waals surface area (Å²) < 4.78 is 0. The van der Waals surface area contributed by atoms with Gasteiger partial charge in [0, 0.05) is 22.1 Å². The molecule has 312 valence electrons. The lowest BCUT2D eigenvalue weighted by Crippen LogP contribution is -2.22. The second-order valence-corrected chi connectivity index (χ2v) is 18.6. The predicted octanol–water partition coefficient (Wildman–Crippen LogP) is 17.6. The van der Waals surface area contributed by atoms with Crippen LogP contribution in [0.25, 0.3) is 66.4 Å². The van der Waals surface area contributed by atoms with Crippen LogP contribution in [-0.2, 0) is 10.8 Å². The second kappa shape index (κ2) is 16.1. The highest BCUT2D eigenvalue weighted by atomic mass is 15.1. The van der Waals surface area contributed by atoms with Gasteiger partial charge >= 0.3 is 0 Å². The Labute approximate surface area is 384 Å². The smallest absolute Gasteiger partial charge is 0.0540 e. The molecule has 1 aliphatic carbocycles. The highest BCUT2D eigenvalue weighted by Crippen LogP contribution is 2.55. The van der Waals surface area contributed by atoms with Crippen molar-refractivity contribution < 1.29 is 0 Å². The van der Waals surface area contributed by atoms with Gasteiger partial charge in [-0.05, 0) is 109 Å². The third kappa shape index (κ3) is 6.87. The van der Waals surface area contributed by atoms with E-state index in [0.717, 1.165) is 28.2 Å². The zero-order valence-corrected chi connectivity index (χ0v) is 37.5. The minimum atomic E-state index is -0.318. The van der Waals surface area contributed by atoms with Crippen molar-refractivity contribution in [2.24, 2.45) is 0 Å². The Bertz CT molecular complexity index is 3350. The zero-order chi connectivity index (χ0) is 44.1. The van der Waals surface area contributed by atoms with Crippen LogP contribution in [0.15, 0.2) is 237 Å². The van der Waals surface area contributed by atoms with Crippen LogP contribution in [0.5, 0.6) is 0 Å². The molecule has 1 aliphatic rings. The predicted molar refractivity (Wildman–Crippen MR) is 277 cm³/mol. The Morgan fingerprint density at radius 1 is 0.338 bits per heavy atom. The van der Waals surface area contributed by atoms with Gasteiger partial charge in [-0.25, -0.2) is 0 Å². The molecule has 0 bridgehead atoms. The van der Waals surface area contributed by atoms with Crippen LogP contribution in [0.2, 0.25) is 0 Å². The molecule has 1 unspecified atom stereocenters. The molecule has 0 aliphatic heterocycles. The van der Waals surface area contributed by atoms with Crippen molar-refractivity contribution >= 4 is 27.8 Å². The van der Waals surface area contributed by atoms with Crippen LogP contribution in [0.1, 0.15) is 49.9 Å². The Hall–Kier alpha value is -7.74. The summed E-state index contributed by atoms with van der Waals surface area (Å²) in [4.78, 5) is 2.53. The molecule has 1 heteroatoms. The molecule has 0 saturated heterocycles. The van der Waals surface area contributed by atoms with E-state index in [1.807, 2.05) is 0 Å². The van der Waals surface area contributed by atoms with E-state index < -0.39 is 0 Å². The zero-order valence-electron chi connectivity index (χ0n) is 37.5. The van der Waals surface area contributed by atoms with Crippen LogP contribution >= 0.6 is 0 Å². The number of para-hydroxylation sites is 3. The third-order valence-electron chi connectivity index (χ3n) is 13.8. The van der Waals surface area contributed by atoms with Gasteiger partial charge in [-0.15, -0.1) is 0 Å². The molecule has 65 heavy (non-hydrogen) atoms. The highest BCUT2D eigenvalue weighted by molar-refractivity contribution is 6.09. The maximum atomic E-state index is 2.53. The van der Waals surface area contributed by atoms with E-state index in [0.29, 0.717) is 0 Å². The summed E-state index contributed by atoms with van der Waals surface area (Å²) >= 11 is 0. The molecule has 0 heterocycles. The number of benzene rings is 10. The fourth-order valence-corrected chi connectivity index (χ4v) is 10.4. The van der Waals surface area contributed by atoms with Crippen molar-refractivity contribution in [2.75, 3.05) is 4.90 Å². The van der Waals surface area contributed by atoms with E-state index in [4.69, 9.17) is 0 Å². The fraction of sp³-hybridized carbons (Fsp3) is 0.0938. The van der Waals surface area contributed by atoms with E-state index >= 15 is 0 Å². The topological polar surface area (TPSA) is 3.24 Å².